The zero-order chi connectivity index (χ0) is 28.9. The summed E-state index contributed by atoms with van der Waals surface area (Å²) in [5, 5.41) is 5.46. The molecule has 2 N–H and O–H groups in total. The van der Waals surface area contributed by atoms with Crippen molar-refractivity contribution in [3.05, 3.63) is 116 Å². The molecule has 0 unspecified atom stereocenters. The first-order valence-corrected chi connectivity index (χ1v) is 14.4. The fourth-order valence-corrected chi connectivity index (χ4v) is 5.84. The molecule has 4 aromatic carbocycles. The minimum absolute atomic E-state index is 0.255. The highest BCUT2D eigenvalue weighted by atomic mass is 79.9. The number of benzene rings is 4. The first kappa shape index (κ1) is 28.6. The Hall–Kier alpha value is -3.92. The fourth-order valence-electron chi connectivity index (χ4n) is 4.27. The van der Waals surface area contributed by atoms with Crippen LogP contribution < -0.4 is 14.9 Å². The molecule has 5 aromatic rings. The molecule has 10 heteroatoms. The van der Waals surface area contributed by atoms with Crippen LogP contribution in [-0.2, 0) is 0 Å². The highest BCUT2D eigenvalue weighted by molar-refractivity contribution is 9.11. The molecule has 5 rings (SSSR count). The number of hydrogen-bond acceptors (Lipinski definition) is 5. The normalized spacial score (nSPS) is 11.1. The number of amides is 1. The minimum atomic E-state index is -0.527. The number of halogens is 3. The summed E-state index contributed by atoms with van der Waals surface area (Å²) in [6.07, 6.45) is 1.41. The third-order valence-corrected chi connectivity index (χ3v) is 7.44. The Morgan fingerprint density at radius 1 is 1.00 bits per heavy atom. The number of fused-ring (bicyclic) bond motifs is 1. The Bertz CT molecular complexity index is 1790. The van der Waals surface area contributed by atoms with Crippen LogP contribution in [0.25, 0.3) is 22.0 Å². The van der Waals surface area contributed by atoms with Gasteiger partial charge >= 0.3 is 5.97 Å². The van der Waals surface area contributed by atoms with Gasteiger partial charge in [0.05, 0.1) is 22.9 Å². The number of hydrogen-bond donors (Lipinski definition) is 2. The smallest absolute Gasteiger partial charge is 0.343 e. The van der Waals surface area contributed by atoms with Crippen molar-refractivity contribution in [2.75, 3.05) is 6.61 Å². The van der Waals surface area contributed by atoms with Crippen LogP contribution in [0.1, 0.15) is 33.3 Å². The Kier molecular flexibility index (Phi) is 8.87. The van der Waals surface area contributed by atoms with E-state index in [-0.39, 0.29) is 11.4 Å². The fraction of sp³-hybridized carbons (Fsp3) is 0.0645. The van der Waals surface area contributed by atoms with Crippen molar-refractivity contribution < 1.29 is 19.1 Å². The monoisotopic (exact) mass is 693 g/mol. The number of nitrogens with one attached hydrogen (secondary N) is 2. The van der Waals surface area contributed by atoms with Crippen molar-refractivity contribution in [1.82, 2.24) is 10.4 Å². The zero-order valence-corrected chi connectivity index (χ0v) is 25.5. The van der Waals surface area contributed by atoms with Gasteiger partial charge in [-0.3, -0.25) is 4.79 Å². The molecule has 206 valence electrons. The molecule has 0 radical (unpaired) electrons. The molecule has 0 aliphatic carbocycles. The van der Waals surface area contributed by atoms with Crippen molar-refractivity contribution in [3.63, 3.8) is 0 Å². The molecule has 0 atom stereocenters. The lowest BCUT2D eigenvalue weighted by Gasteiger charge is -2.10. The molecule has 0 fully saturated rings. The molecule has 0 aliphatic rings. The lowest BCUT2D eigenvalue weighted by Crippen LogP contribution is -2.19. The summed E-state index contributed by atoms with van der Waals surface area (Å²) in [4.78, 5) is 29.4. The molecule has 0 saturated carbocycles. The number of hydrazone groups is 1. The van der Waals surface area contributed by atoms with Gasteiger partial charge in [-0.2, -0.15) is 5.10 Å². The second-order valence-corrected chi connectivity index (χ2v) is 10.9. The highest BCUT2D eigenvalue weighted by Crippen LogP contribution is 2.38. The summed E-state index contributed by atoms with van der Waals surface area (Å²) in [6.45, 7) is 2.42. The van der Waals surface area contributed by atoms with Crippen LogP contribution in [0.4, 0.5) is 0 Å². The van der Waals surface area contributed by atoms with E-state index in [0.717, 1.165) is 15.4 Å². The van der Waals surface area contributed by atoms with Crippen LogP contribution in [0, 0.1) is 0 Å². The zero-order valence-electron chi connectivity index (χ0n) is 21.6. The Morgan fingerprint density at radius 2 is 1.76 bits per heavy atom. The van der Waals surface area contributed by atoms with Crippen LogP contribution in [0.3, 0.4) is 0 Å². The number of H-pyrrole nitrogens is 1. The van der Waals surface area contributed by atoms with Crippen LogP contribution >= 0.6 is 43.5 Å². The third-order valence-electron chi connectivity index (χ3n) is 6.06. The molecule has 1 heterocycles. The summed E-state index contributed by atoms with van der Waals surface area (Å²) in [6, 6.07) is 25.0. The van der Waals surface area contributed by atoms with Crippen LogP contribution in [0.2, 0.25) is 5.02 Å². The minimum Gasteiger partial charge on any atom is -0.494 e. The van der Waals surface area contributed by atoms with Gasteiger partial charge in [-0.05, 0) is 71.4 Å². The number of carbonyl (C=O) groups excluding carboxylic acids is 2. The first-order valence-electron chi connectivity index (χ1n) is 12.5. The van der Waals surface area contributed by atoms with E-state index in [1.165, 1.54) is 6.21 Å². The van der Waals surface area contributed by atoms with Gasteiger partial charge in [-0.1, -0.05) is 63.9 Å². The average Bonchev–Trinajstić information content (AvgIpc) is 3.34. The van der Waals surface area contributed by atoms with Crippen LogP contribution in [0.15, 0.2) is 99.0 Å². The molecule has 1 aromatic heterocycles. The Morgan fingerprint density at radius 3 is 2.51 bits per heavy atom. The van der Waals surface area contributed by atoms with Crippen molar-refractivity contribution in [2.24, 2.45) is 5.10 Å². The number of esters is 1. The lowest BCUT2D eigenvalue weighted by molar-refractivity contribution is 0.0733. The van der Waals surface area contributed by atoms with Gasteiger partial charge in [0.1, 0.15) is 11.4 Å². The maximum Gasteiger partial charge on any atom is 0.343 e. The van der Waals surface area contributed by atoms with Crippen LogP contribution in [-0.4, -0.2) is 29.7 Å². The Balaban J connectivity index is 1.47. The number of aromatic amines is 1. The van der Waals surface area contributed by atoms with Gasteiger partial charge < -0.3 is 14.5 Å². The van der Waals surface area contributed by atoms with E-state index < -0.39 is 11.9 Å². The van der Waals surface area contributed by atoms with E-state index in [2.05, 4.69) is 47.4 Å². The summed E-state index contributed by atoms with van der Waals surface area (Å²) >= 11 is 13.5. The van der Waals surface area contributed by atoms with E-state index in [1.807, 2.05) is 49.4 Å². The van der Waals surface area contributed by atoms with E-state index in [0.29, 0.717) is 44.1 Å². The molecule has 0 bridgehead atoms. The largest absolute Gasteiger partial charge is 0.494 e. The number of rotatable bonds is 8. The number of nitrogens with zero attached hydrogens (tertiary/aromatic N) is 1. The van der Waals surface area contributed by atoms with Crippen molar-refractivity contribution in [1.29, 1.82) is 0 Å². The molecule has 0 saturated heterocycles. The van der Waals surface area contributed by atoms with E-state index in [1.54, 1.807) is 42.5 Å². The molecular weight excluding hydrogens is 674 g/mol. The number of carbonyl (C=O) groups is 2. The van der Waals surface area contributed by atoms with Crippen molar-refractivity contribution >= 4 is 72.5 Å². The topological polar surface area (TPSA) is 92.8 Å². The van der Waals surface area contributed by atoms with Gasteiger partial charge in [0, 0.05) is 37.1 Å². The predicted molar refractivity (Wildman–Crippen MR) is 168 cm³/mol. The van der Waals surface area contributed by atoms with E-state index in [9.17, 15) is 9.59 Å². The van der Waals surface area contributed by atoms with Crippen molar-refractivity contribution in [3.8, 4) is 22.6 Å². The highest BCUT2D eigenvalue weighted by Gasteiger charge is 2.22. The number of ether oxygens (including phenoxy) is 2. The van der Waals surface area contributed by atoms with Gasteiger partial charge in [0.2, 0.25) is 0 Å². The summed E-state index contributed by atoms with van der Waals surface area (Å²) in [7, 11) is 0. The van der Waals surface area contributed by atoms with E-state index in [4.69, 9.17) is 21.1 Å². The maximum absolute atomic E-state index is 13.5. The predicted octanol–water partition coefficient (Wildman–Crippen LogP) is 8.40. The molecule has 41 heavy (non-hydrogen) atoms. The quantitative estimate of drug-likeness (QED) is 0.0739. The standard InChI is InChI=1S/C31H22Br2ClN3O4/c1-2-40-21-12-13-26-23(16-21)27(22-10-6-7-11-25(22)34)28(36-26)30(38)37-35-17-19-14-20(32)15-24(33)29(19)41-31(39)18-8-4-3-5-9-18/h3-17,36H,2H2,1H3,(H,37,38). The van der Waals surface area contributed by atoms with Gasteiger partial charge in [0.15, 0.2) is 5.75 Å². The van der Waals surface area contributed by atoms with Crippen molar-refractivity contribution in [2.45, 2.75) is 6.92 Å². The van der Waals surface area contributed by atoms with Crippen LogP contribution in [0.5, 0.6) is 11.5 Å². The summed E-state index contributed by atoms with van der Waals surface area (Å²) in [5.74, 6) is -0.0793. The molecule has 0 spiro atoms. The lowest BCUT2D eigenvalue weighted by atomic mass is 10.0. The number of aromatic nitrogens is 1. The second kappa shape index (κ2) is 12.7. The first-order chi connectivity index (χ1) is 19.9. The van der Waals surface area contributed by atoms with Gasteiger partial charge in [0.25, 0.3) is 5.91 Å². The van der Waals surface area contributed by atoms with Gasteiger partial charge in [-0.25, -0.2) is 10.2 Å². The Labute approximate surface area is 257 Å². The third kappa shape index (κ3) is 6.37. The molecule has 1 amide bonds. The summed E-state index contributed by atoms with van der Waals surface area (Å²) in [5.41, 5.74) is 5.78. The SMILES string of the molecule is CCOc1ccc2[nH]c(C(=O)NN=Cc3cc(Br)cc(Br)c3OC(=O)c3ccccc3)c(-c3ccccc3Cl)c2c1. The average molecular weight is 696 g/mol. The maximum atomic E-state index is 13.5. The molecule has 0 aliphatic heterocycles. The van der Waals surface area contributed by atoms with Gasteiger partial charge in [-0.15, -0.1) is 0 Å². The second-order valence-electron chi connectivity index (χ2n) is 8.76. The molecular formula is C31H22Br2ClN3O4. The summed E-state index contributed by atoms with van der Waals surface area (Å²) < 4.78 is 12.6. The molecule has 7 nitrogen and oxygen atoms in total. The van der Waals surface area contributed by atoms with E-state index >= 15 is 0 Å².